The maximum Gasteiger partial charge on any atom is 0.292 e. The lowest BCUT2D eigenvalue weighted by molar-refractivity contribution is 0.0564. The van der Waals surface area contributed by atoms with Gasteiger partial charge in [0.2, 0.25) is 5.76 Å². The first-order valence-corrected chi connectivity index (χ1v) is 6.90. The van der Waals surface area contributed by atoms with E-state index in [1.54, 1.807) is 6.92 Å². The van der Waals surface area contributed by atoms with Crippen molar-refractivity contribution in [3.8, 4) is 0 Å². The van der Waals surface area contributed by atoms with Crippen LogP contribution in [-0.4, -0.2) is 33.3 Å². The molecule has 2 bridgehead atoms. The largest absolute Gasteiger partial charge is 0.436 e. The lowest BCUT2D eigenvalue weighted by Crippen LogP contribution is -2.47. The van der Waals surface area contributed by atoms with Gasteiger partial charge in [-0.1, -0.05) is 0 Å². The van der Waals surface area contributed by atoms with Crippen LogP contribution in [0.1, 0.15) is 47.8 Å². The number of halogens is 1. The predicted octanol–water partition coefficient (Wildman–Crippen LogP) is 2.67. The SMILES string of the molecule is Cc1nc(C)c(C(=O)N2C3CCC2CC(Cl)C3)o1. The minimum absolute atomic E-state index is 0.0100. The third-order valence-electron chi connectivity index (χ3n) is 4.01. The van der Waals surface area contributed by atoms with Crippen LogP contribution in [0, 0.1) is 13.8 Å². The van der Waals surface area contributed by atoms with E-state index in [4.69, 9.17) is 16.0 Å². The van der Waals surface area contributed by atoms with Gasteiger partial charge in [0.25, 0.3) is 5.91 Å². The number of aromatic nitrogens is 1. The molecule has 2 unspecified atom stereocenters. The fourth-order valence-electron chi connectivity index (χ4n) is 3.29. The number of piperidine rings is 1. The number of hydrogen-bond donors (Lipinski definition) is 0. The van der Waals surface area contributed by atoms with Crippen molar-refractivity contribution in [2.75, 3.05) is 0 Å². The minimum atomic E-state index is -0.0100. The molecule has 0 aromatic carbocycles. The van der Waals surface area contributed by atoms with E-state index in [1.807, 2.05) is 11.8 Å². The molecule has 1 amide bonds. The third kappa shape index (κ3) is 1.83. The van der Waals surface area contributed by atoms with Gasteiger partial charge in [0.05, 0.1) is 5.69 Å². The van der Waals surface area contributed by atoms with Crippen LogP contribution >= 0.6 is 11.6 Å². The second-order valence-corrected chi connectivity index (χ2v) is 5.93. The van der Waals surface area contributed by atoms with Crippen molar-refractivity contribution in [1.29, 1.82) is 0 Å². The summed E-state index contributed by atoms with van der Waals surface area (Å²) in [4.78, 5) is 18.7. The normalized spacial score (nSPS) is 30.8. The average Bonchev–Trinajstić information content (AvgIpc) is 2.76. The molecular formula is C13H17ClN2O2. The summed E-state index contributed by atoms with van der Waals surface area (Å²) < 4.78 is 5.45. The molecule has 98 valence electrons. The van der Waals surface area contributed by atoms with Gasteiger partial charge in [-0.2, -0.15) is 0 Å². The zero-order valence-corrected chi connectivity index (χ0v) is 11.4. The molecule has 3 heterocycles. The maximum atomic E-state index is 12.6. The summed E-state index contributed by atoms with van der Waals surface area (Å²) in [5.41, 5.74) is 0.685. The Labute approximate surface area is 111 Å². The zero-order valence-electron chi connectivity index (χ0n) is 10.6. The second-order valence-electron chi connectivity index (χ2n) is 5.31. The number of aryl methyl sites for hydroxylation is 2. The fourth-order valence-corrected chi connectivity index (χ4v) is 3.70. The van der Waals surface area contributed by atoms with Gasteiger partial charge in [-0.15, -0.1) is 11.6 Å². The first kappa shape index (κ1) is 12.0. The van der Waals surface area contributed by atoms with Gasteiger partial charge in [-0.05, 0) is 32.6 Å². The van der Waals surface area contributed by atoms with Crippen LogP contribution in [0.5, 0.6) is 0 Å². The molecule has 0 spiro atoms. The van der Waals surface area contributed by atoms with Crippen molar-refractivity contribution in [2.45, 2.75) is 57.0 Å². The first-order valence-electron chi connectivity index (χ1n) is 6.47. The molecule has 3 rings (SSSR count). The number of hydrogen-bond acceptors (Lipinski definition) is 3. The molecule has 2 fully saturated rings. The van der Waals surface area contributed by atoms with E-state index in [-0.39, 0.29) is 23.4 Å². The highest BCUT2D eigenvalue weighted by molar-refractivity contribution is 6.20. The van der Waals surface area contributed by atoms with Gasteiger partial charge in [0, 0.05) is 24.4 Å². The molecule has 1 aromatic heterocycles. The van der Waals surface area contributed by atoms with Gasteiger partial charge in [0.1, 0.15) is 0 Å². The smallest absolute Gasteiger partial charge is 0.292 e. The van der Waals surface area contributed by atoms with Crippen molar-refractivity contribution in [3.05, 3.63) is 17.3 Å². The topological polar surface area (TPSA) is 46.3 Å². The number of nitrogens with zero attached hydrogens (tertiary/aromatic N) is 2. The van der Waals surface area contributed by atoms with Crippen LogP contribution in [0.4, 0.5) is 0 Å². The summed E-state index contributed by atoms with van der Waals surface area (Å²) in [7, 11) is 0. The Balaban J connectivity index is 1.88. The molecule has 5 heteroatoms. The summed E-state index contributed by atoms with van der Waals surface area (Å²) in [6.07, 6.45) is 3.92. The number of fused-ring (bicyclic) bond motifs is 2. The molecule has 0 N–H and O–H groups in total. The second kappa shape index (κ2) is 4.26. The Hall–Kier alpha value is -1.03. The molecule has 0 radical (unpaired) electrons. The summed E-state index contributed by atoms with van der Waals surface area (Å²) in [5, 5.41) is 0.212. The van der Waals surface area contributed by atoms with E-state index in [1.165, 1.54) is 0 Å². The summed E-state index contributed by atoms with van der Waals surface area (Å²) in [6.45, 7) is 3.59. The van der Waals surface area contributed by atoms with E-state index >= 15 is 0 Å². The number of carbonyl (C=O) groups excluding carboxylic acids is 1. The number of alkyl halides is 1. The Bertz CT molecular complexity index is 471. The first-order chi connectivity index (χ1) is 8.56. The average molecular weight is 269 g/mol. The van der Waals surface area contributed by atoms with E-state index in [0.717, 1.165) is 25.7 Å². The third-order valence-corrected chi connectivity index (χ3v) is 4.36. The molecule has 1 aromatic rings. The van der Waals surface area contributed by atoms with E-state index in [2.05, 4.69) is 4.98 Å². The van der Waals surface area contributed by atoms with Gasteiger partial charge >= 0.3 is 0 Å². The van der Waals surface area contributed by atoms with Crippen molar-refractivity contribution in [1.82, 2.24) is 9.88 Å². The molecule has 0 aliphatic carbocycles. The van der Waals surface area contributed by atoms with Crippen LogP contribution in [0.2, 0.25) is 0 Å². The Morgan fingerprint density at radius 2 is 1.94 bits per heavy atom. The van der Waals surface area contributed by atoms with Crippen LogP contribution < -0.4 is 0 Å². The molecule has 2 aliphatic heterocycles. The quantitative estimate of drug-likeness (QED) is 0.736. The van der Waals surface area contributed by atoms with E-state index in [9.17, 15) is 4.79 Å². The Morgan fingerprint density at radius 1 is 1.33 bits per heavy atom. The highest BCUT2D eigenvalue weighted by Crippen LogP contribution is 2.38. The number of amides is 1. The van der Waals surface area contributed by atoms with Crippen LogP contribution in [0.25, 0.3) is 0 Å². The highest BCUT2D eigenvalue weighted by Gasteiger charge is 2.44. The molecule has 18 heavy (non-hydrogen) atoms. The van der Waals surface area contributed by atoms with E-state index < -0.39 is 0 Å². The Morgan fingerprint density at radius 3 is 2.44 bits per heavy atom. The van der Waals surface area contributed by atoms with Gasteiger partial charge in [0.15, 0.2) is 5.89 Å². The monoisotopic (exact) mass is 268 g/mol. The molecule has 2 saturated heterocycles. The van der Waals surface area contributed by atoms with Crippen molar-refractivity contribution in [3.63, 3.8) is 0 Å². The van der Waals surface area contributed by atoms with Gasteiger partial charge in [-0.25, -0.2) is 4.98 Å². The van der Waals surface area contributed by atoms with Crippen molar-refractivity contribution >= 4 is 17.5 Å². The lowest BCUT2D eigenvalue weighted by Gasteiger charge is -2.36. The minimum Gasteiger partial charge on any atom is -0.436 e. The fraction of sp³-hybridized carbons (Fsp3) is 0.692. The molecular weight excluding hydrogens is 252 g/mol. The van der Waals surface area contributed by atoms with Crippen LogP contribution in [-0.2, 0) is 0 Å². The predicted molar refractivity (Wildman–Crippen MR) is 67.8 cm³/mol. The van der Waals surface area contributed by atoms with Gasteiger partial charge < -0.3 is 9.32 Å². The Kier molecular flexibility index (Phi) is 2.85. The van der Waals surface area contributed by atoms with Crippen LogP contribution in [0.3, 0.4) is 0 Å². The standard InChI is InChI=1S/C13H17ClN2O2/c1-7-12(18-8(2)15-7)13(17)16-10-3-4-11(16)6-9(14)5-10/h9-11H,3-6H2,1-2H3. The van der Waals surface area contributed by atoms with Crippen molar-refractivity contribution < 1.29 is 9.21 Å². The molecule has 2 atom stereocenters. The maximum absolute atomic E-state index is 12.6. The number of oxazole rings is 1. The molecule has 4 nitrogen and oxygen atoms in total. The molecule has 0 saturated carbocycles. The number of carbonyl (C=O) groups is 1. The molecule has 2 aliphatic rings. The van der Waals surface area contributed by atoms with Crippen molar-refractivity contribution in [2.24, 2.45) is 0 Å². The number of rotatable bonds is 1. The highest BCUT2D eigenvalue weighted by atomic mass is 35.5. The van der Waals surface area contributed by atoms with Crippen LogP contribution in [0.15, 0.2) is 4.42 Å². The van der Waals surface area contributed by atoms with Gasteiger partial charge in [-0.3, -0.25) is 4.79 Å². The summed E-state index contributed by atoms with van der Waals surface area (Å²) in [6, 6.07) is 0.562. The van der Waals surface area contributed by atoms with E-state index in [0.29, 0.717) is 17.3 Å². The lowest BCUT2D eigenvalue weighted by atomic mass is 10.0. The summed E-state index contributed by atoms with van der Waals surface area (Å²) >= 11 is 6.22. The summed E-state index contributed by atoms with van der Waals surface area (Å²) in [5.74, 6) is 0.942. The zero-order chi connectivity index (χ0) is 12.9.